The van der Waals surface area contributed by atoms with Gasteiger partial charge in [-0.2, -0.15) is 0 Å². The molecule has 2 rings (SSSR count). The van der Waals surface area contributed by atoms with E-state index in [-0.39, 0.29) is 22.1 Å². The fourth-order valence-corrected chi connectivity index (χ4v) is 3.96. The third-order valence-corrected chi connectivity index (χ3v) is 5.16. The molecule has 0 bridgehead atoms. The van der Waals surface area contributed by atoms with E-state index in [0.717, 1.165) is 0 Å². The van der Waals surface area contributed by atoms with E-state index in [9.17, 15) is 13.5 Å². The van der Waals surface area contributed by atoms with E-state index in [1.807, 2.05) is 0 Å². The Bertz CT molecular complexity index is 510. The molecule has 1 saturated carbocycles. The Kier molecular flexibility index (Phi) is 4.27. The van der Waals surface area contributed by atoms with Crippen LogP contribution in [0.1, 0.15) is 25.7 Å². The summed E-state index contributed by atoms with van der Waals surface area (Å²) in [6, 6.07) is 6.27. The highest BCUT2D eigenvalue weighted by atomic mass is 35.5. The van der Waals surface area contributed by atoms with Gasteiger partial charge in [0.15, 0.2) is 0 Å². The molecule has 6 heteroatoms. The van der Waals surface area contributed by atoms with Gasteiger partial charge in [-0.25, -0.2) is 13.1 Å². The van der Waals surface area contributed by atoms with Gasteiger partial charge in [0, 0.05) is 6.04 Å². The quantitative estimate of drug-likeness (QED) is 0.893. The molecular formula is C12H16ClNO3S. The zero-order chi connectivity index (χ0) is 13.2. The minimum absolute atomic E-state index is 0.109. The van der Waals surface area contributed by atoms with Crippen molar-refractivity contribution in [1.82, 2.24) is 4.72 Å². The maximum atomic E-state index is 12.1. The summed E-state index contributed by atoms with van der Waals surface area (Å²) in [5.74, 6) is 0. The molecule has 1 aromatic rings. The highest BCUT2D eigenvalue weighted by Gasteiger charge is 2.25. The van der Waals surface area contributed by atoms with Gasteiger partial charge in [-0.15, -0.1) is 0 Å². The smallest absolute Gasteiger partial charge is 0.242 e. The van der Waals surface area contributed by atoms with Gasteiger partial charge >= 0.3 is 0 Å². The second-order valence-electron chi connectivity index (χ2n) is 4.56. The van der Waals surface area contributed by atoms with Gasteiger partial charge in [-0.05, 0) is 37.8 Å². The van der Waals surface area contributed by atoms with E-state index in [4.69, 9.17) is 11.6 Å². The van der Waals surface area contributed by atoms with Crippen LogP contribution in [0.15, 0.2) is 29.2 Å². The van der Waals surface area contributed by atoms with E-state index >= 15 is 0 Å². The molecule has 1 aromatic carbocycles. The summed E-state index contributed by atoms with van der Waals surface area (Å²) < 4.78 is 26.9. The summed E-state index contributed by atoms with van der Waals surface area (Å²) >= 11 is 5.89. The monoisotopic (exact) mass is 289 g/mol. The molecule has 0 spiro atoms. The molecule has 0 saturated heterocycles. The molecule has 100 valence electrons. The molecule has 0 aliphatic heterocycles. The van der Waals surface area contributed by atoms with Gasteiger partial charge in [0.2, 0.25) is 10.0 Å². The van der Waals surface area contributed by atoms with Gasteiger partial charge in [-0.3, -0.25) is 0 Å². The first-order valence-corrected chi connectivity index (χ1v) is 7.80. The van der Waals surface area contributed by atoms with E-state index in [1.165, 1.54) is 6.07 Å². The van der Waals surface area contributed by atoms with Crippen molar-refractivity contribution >= 4 is 21.6 Å². The Morgan fingerprint density at radius 1 is 1.17 bits per heavy atom. The number of halogens is 1. The average molecular weight is 290 g/mol. The highest BCUT2D eigenvalue weighted by molar-refractivity contribution is 7.89. The summed E-state index contributed by atoms with van der Waals surface area (Å²) in [7, 11) is -3.57. The molecular weight excluding hydrogens is 274 g/mol. The maximum Gasteiger partial charge on any atom is 0.242 e. The van der Waals surface area contributed by atoms with Crippen molar-refractivity contribution in [3.05, 3.63) is 29.3 Å². The molecule has 4 nitrogen and oxygen atoms in total. The first-order chi connectivity index (χ1) is 8.49. The Labute approximate surface area is 112 Å². The van der Waals surface area contributed by atoms with Crippen molar-refractivity contribution in [1.29, 1.82) is 0 Å². The predicted molar refractivity (Wildman–Crippen MR) is 70.0 cm³/mol. The first kappa shape index (κ1) is 13.8. The summed E-state index contributed by atoms with van der Waals surface area (Å²) in [6.45, 7) is 0. The molecule has 0 atom stereocenters. The summed E-state index contributed by atoms with van der Waals surface area (Å²) in [5, 5.41) is 9.61. The zero-order valence-corrected chi connectivity index (χ0v) is 11.4. The molecule has 0 heterocycles. The lowest BCUT2D eigenvalue weighted by Gasteiger charge is -2.26. The van der Waals surface area contributed by atoms with Crippen LogP contribution < -0.4 is 4.72 Å². The third-order valence-electron chi connectivity index (χ3n) is 3.14. The van der Waals surface area contributed by atoms with Crippen LogP contribution in [0.2, 0.25) is 5.02 Å². The molecule has 0 aromatic heterocycles. The molecule has 0 unspecified atom stereocenters. The van der Waals surface area contributed by atoms with Crippen LogP contribution in [0.5, 0.6) is 0 Å². The van der Waals surface area contributed by atoms with E-state index < -0.39 is 10.0 Å². The Morgan fingerprint density at radius 3 is 2.39 bits per heavy atom. The van der Waals surface area contributed by atoms with Gasteiger partial charge in [0.25, 0.3) is 0 Å². The van der Waals surface area contributed by atoms with Crippen LogP contribution in [0.25, 0.3) is 0 Å². The average Bonchev–Trinajstić information content (AvgIpc) is 2.32. The van der Waals surface area contributed by atoms with Crippen LogP contribution in [0.3, 0.4) is 0 Å². The normalized spacial score (nSPS) is 25.0. The molecule has 2 N–H and O–H groups in total. The molecule has 1 aliphatic carbocycles. The second kappa shape index (κ2) is 5.57. The van der Waals surface area contributed by atoms with Crippen molar-refractivity contribution in [3.8, 4) is 0 Å². The Hall–Kier alpha value is -0.620. The summed E-state index contributed by atoms with van der Waals surface area (Å²) in [5.41, 5.74) is 0. The van der Waals surface area contributed by atoms with Gasteiger partial charge < -0.3 is 5.11 Å². The standard InChI is InChI=1S/C12H16ClNO3S/c13-11-3-1-2-4-12(11)18(16,17)14-9-5-7-10(15)8-6-9/h1-4,9-10,14-15H,5-8H2. The maximum absolute atomic E-state index is 12.1. The Balaban J connectivity index is 2.11. The minimum Gasteiger partial charge on any atom is -0.393 e. The summed E-state index contributed by atoms with van der Waals surface area (Å²) in [6.07, 6.45) is 2.28. The summed E-state index contributed by atoms with van der Waals surface area (Å²) in [4.78, 5) is 0.109. The lowest BCUT2D eigenvalue weighted by Crippen LogP contribution is -2.38. The van der Waals surface area contributed by atoms with Crippen molar-refractivity contribution in [2.75, 3.05) is 0 Å². The van der Waals surface area contributed by atoms with Crippen molar-refractivity contribution in [3.63, 3.8) is 0 Å². The van der Waals surface area contributed by atoms with Crippen molar-refractivity contribution in [2.24, 2.45) is 0 Å². The SMILES string of the molecule is O=S(=O)(NC1CCC(O)CC1)c1ccccc1Cl. The number of aliphatic hydroxyl groups is 1. The third kappa shape index (κ3) is 3.23. The Morgan fingerprint density at radius 2 is 1.78 bits per heavy atom. The van der Waals surface area contributed by atoms with Crippen LogP contribution in [0, 0.1) is 0 Å². The minimum atomic E-state index is -3.57. The molecule has 0 radical (unpaired) electrons. The number of nitrogens with one attached hydrogen (secondary N) is 1. The zero-order valence-electron chi connectivity index (χ0n) is 9.84. The fourth-order valence-electron chi connectivity index (χ4n) is 2.14. The highest BCUT2D eigenvalue weighted by Crippen LogP contribution is 2.24. The number of aliphatic hydroxyl groups excluding tert-OH is 1. The van der Waals surface area contributed by atoms with E-state index in [0.29, 0.717) is 25.7 Å². The number of benzene rings is 1. The fraction of sp³-hybridized carbons (Fsp3) is 0.500. The van der Waals surface area contributed by atoms with Gasteiger partial charge in [0.05, 0.1) is 11.1 Å². The predicted octanol–water partition coefficient (Wildman–Crippen LogP) is 1.92. The van der Waals surface area contributed by atoms with Crippen molar-refractivity contribution in [2.45, 2.75) is 42.7 Å². The van der Waals surface area contributed by atoms with Crippen LogP contribution in [-0.2, 0) is 10.0 Å². The number of hydrogen-bond acceptors (Lipinski definition) is 3. The van der Waals surface area contributed by atoms with Crippen LogP contribution in [0.4, 0.5) is 0 Å². The first-order valence-electron chi connectivity index (χ1n) is 5.94. The number of rotatable bonds is 3. The molecule has 1 fully saturated rings. The molecule has 0 amide bonds. The van der Waals surface area contributed by atoms with Gasteiger partial charge in [-0.1, -0.05) is 23.7 Å². The van der Waals surface area contributed by atoms with E-state index in [1.54, 1.807) is 18.2 Å². The van der Waals surface area contributed by atoms with E-state index in [2.05, 4.69) is 4.72 Å². The van der Waals surface area contributed by atoms with Gasteiger partial charge in [0.1, 0.15) is 4.90 Å². The lowest BCUT2D eigenvalue weighted by molar-refractivity contribution is 0.120. The molecule has 1 aliphatic rings. The largest absolute Gasteiger partial charge is 0.393 e. The lowest BCUT2D eigenvalue weighted by atomic mass is 9.94. The van der Waals surface area contributed by atoms with Crippen LogP contribution in [-0.4, -0.2) is 25.7 Å². The molecule has 18 heavy (non-hydrogen) atoms. The van der Waals surface area contributed by atoms with Crippen LogP contribution >= 0.6 is 11.6 Å². The topological polar surface area (TPSA) is 66.4 Å². The van der Waals surface area contributed by atoms with Crippen molar-refractivity contribution < 1.29 is 13.5 Å². The number of hydrogen-bond donors (Lipinski definition) is 2. The second-order valence-corrected chi connectivity index (χ2v) is 6.65. The number of sulfonamides is 1.